The van der Waals surface area contributed by atoms with Crippen LogP contribution in [0.25, 0.3) is 0 Å². The lowest BCUT2D eigenvalue weighted by molar-refractivity contribution is 0.413. The van der Waals surface area contributed by atoms with Gasteiger partial charge in [0.25, 0.3) is 0 Å². The second-order valence-electron chi connectivity index (χ2n) is 3.78. The highest BCUT2D eigenvalue weighted by Crippen LogP contribution is 2.25. The van der Waals surface area contributed by atoms with Crippen molar-refractivity contribution in [1.29, 1.82) is 0 Å². The fourth-order valence-corrected chi connectivity index (χ4v) is 2.33. The van der Waals surface area contributed by atoms with Crippen LogP contribution in [-0.2, 0) is 13.0 Å². The molecule has 0 fully saturated rings. The average molecular weight is 266 g/mol. The molecule has 2 rings (SSSR count). The van der Waals surface area contributed by atoms with Crippen LogP contribution in [0.3, 0.4) is 0 Å². The molecule has 96 valence electrons. The molecule has 0 saturated carbocycles. The number of halogens is 1. The third-order valence-corrected chi connectivity index (χ3v) is 3.57. The molecule has 1 aromatic carbocycles. The Kier molecular flexibility index (Phi) is 4.15. The number of hydrogen-bond acceptors (Lipinski definition) is 4. The minimum atomic E-state index is -0.306. The third-order valence-electron chi connectivity index (χ3n) is 2.53. The largest absolute Gasteiger partial charge is 0.494 e. The highest BCUT2D eigenvalue weighted by Gasteiger charge is 2.05. The first-order valence-corrected chi connectivity index (χ1v) is 6.61. The van der Waals surface area contributed by atoms with Crippen molar-refractivity contribution in [2.75, 3.05) is 12.4 Å². The van der Waals surface area contributed by atoms with E-state index < -0.39 is 0 Å². The molecule has 1 N–H and O–H groups in total. The van der Waals surface area contributed by atoms with E-state index in [1.807, 2.05) is 5.38 Å². The van der Waals surface area contributed by atoms with E-state index in [9.17, 15) is 4.39 Å². The van der Waals surface area contributed by atoms with Crippen LogP contribution in [0.15, 0.2) is 23.6 Å². The smallest absolute Gasteiger partial charge is 0.144 e. The number of rotatable bonds is 5. The number of hydrogen-bond donors (Lipinski definition) is 1. The van der Waals surface area contributed by atoms with E-state index in [1.165, 1.54) is 19.2 Å². The van der Waals surface area contributed by atoms with Crippen LogP contribution in [0, 0.1) is 5.82 Å². The number of ether oxygens (including phenoxy) is 1. The van der Waals surface area contributed by atoms with E-state index in [0.717, 1.165) is 22.8 Å². The number of nitrogens with zero attached hydrogens (tertiary/aromatic N) is 1. The van der Waals surface area contributed by atoms with Crippen LogP contribution < -0.4 is 10.1 Å². The predicted molar refractivity (Wildman–Crippen MR) is 71.8 cm³/mol. The molecule has 0 amide bonds. The quantitative estimate of drug-likeness (QED) is 0.899. The van der Waals surface area contributed by atoms with E-state index in [-0.39, 0.29) is 5.82 Å². The van der Waals surface area contributed by atoms with Gasteiger partial charge in [0.1, 0.15) is 11.6 Å². The second-order valence-corrected chi connectivity index (χ2v) is 4.73. The van der Waals surface area contributed by atoms with Crippen LogP contribution in [0.4, 0.5) is 10.1 Å². The SMILES string of the molecule is CCc1nc(CNc2ccc(F)cc2OC)cs1. The maximum atomic E-state index is 13.0. The summed E-state index contributed by atoms with van der Waals surface area (Å²) in [7, 11) is 1.53. The monoisotopic (exact) mass is 266 g/mol. The van der Waals surface area contributed by atoms with Gasteiger partial charge in [-0.15, -0.1) is 11.3 Å². The Balaban J connectivity index is 2.05. The van der Waals surface area contributed by atoms with Crippen molar-refractivity contribution in [2.24, 2.45) is 0 Å². The van der Waals surface area contributed by atoms with Gasteiger partial charge in [-0.1, -0.05) is 6.92 Å². The van der Waals surface area contributed by atoms with Crippen LogP contribution in [0.1, 0.15) is 17.6 Å². The molecule has 1 heterocycles. The maximum Gasteiger partial charge on any atom is 0.144 e. The zero-order chi connectivity index (χ0) is 13.0. The number of thiazole rings is 1. The fourth-order valence-electron chi connectivity index (χ4n) is 1.59. The zero-order valence-electron chi connectivity index (χ0n) is 10.4. The third kappa shape index (κ3) is 2.98. The number of benzene rings is 1. The van der Waals surface area contributed by atoms with Crippen molar-refractivity contribution in [3.05, 3.63) is 40.1 Å². The van der Waals surface area contributed by atoms with Crippen LogP contribution in [0.5, 0.6) is 5.75 Å². The molecule has 3 nitrogen and oxygen atoms in total. The Morgan fingerprint density at radius 1 is 1.44 bits per heavy atom. The van der Waals surface area contributed by atoms with Gasteiger partial charge >= 0.3 is 0 Å². The highest BCUT2D eigenvalue weighted by molar-refractivity contribution is 7.09. The molecule has 0 spiro atoms. The van der Waals surface area contributed by atoms with Gasteiger partial charge in [0.2, 0.25) is 0 Å². The highest BCUT2D eigenvalue weighted by atomic mass is 32.1. The first kappa shape index (κ1) is 12.8. The summed E-state index contributed by atoms with van der Waals surface area (Å²) < 4.78 is 18.1. The maximum absolute atomic E-state index is 13.0. The van der Waals surface area contributed by atoms with Crippen molar-refractivity contribution in [2.45, 2.75) is 19.9 Å². The molecular formula is C13H15FN2OS. The molecule has 1 aromatic heterocycles. The van der Waals surface area contributed by atoms with Crippen molar-refractivity contribution < 1.29 is 9.13 Å². The lowest BCUT2D eigenvalue weighted by Gasteiger charge is -2.09. The molecule has 5 heteroatoms. The summed E-state index contributed by atoms with van der Waals surface area (Å²) in [6, 6.07) is 4.44. The van der Waals surface area contributed by atoms with Gasteiger partial charge in [0, 0.05) is 11.4 Å². The van der Waals surface area contributed by atoms with Gasteiger partial charge in [0.05, 0.1) is 30.0 Å². The van der Waals surface area contributed by atoms with Gasteiger partial charge in [0.15, 0.2) is 0 Å². The summed E-state index contributed by atoms with van der Waals surface area (Å²) in [5.74, 6) is 0.195. The Hall–Kier alpha value is -1.62. The number of nitrogens with one attached hydrogen (secondary N) is 1. The Labute approximate surface area is 110 Å². The van der Waals surface area contributed by atoms with E-state index in [1.54, 1.807) is 17.4 Å². The molecule has 0 aliphatic heterocycles. The van der Waals surface area contributed by atoms with Gasteiger partial charge in [-0.3, -0.25) is 0 Å². The van der Waals surface area contributed by atoms with E-state index in [2.05, 4.69) is 17.2 Å². The normalized spacial score (nSPS) is 10.4. The van der Waals surface area contributed by atoms with E-state index >= 15 is 0 Å². The molecule has 0 unspecified atom stereocenters. The van der Waals surface area contributed by atoms with Crippen molar-refractivity contribution in [3.63, 3.8) is 0 Å². The van der Waals surface area contributed by atoms with Crippen LogP contribution >= 0.6 is 11.3 Å². The fraction of sp³-hybridized carbons (Fsp3) is 0.308. The van der Waals surface area contributed by atoms with Crippen LogP contribution in [0.2, 0.25) is 0 Å². The predicted octanol–water partition coefficient (Wildman–Crippen LogP) is 3.47. The summed E-state index contributed by atoms with van der Waals surface area (Å²) in [4.78, 5) is 4.46. The Morgan fingerprint density at radius 3 is 2.94 bits per heavy atom. The van der Waals surface area contributed by atoms with E-state index in [4.69, 9.17) is 4.74 Å². The minimum absolute atomic E-state index is 0.306. The molecule has 0 aliphatic rings. The first-order valence-electron chi connectivity index (χ1n) is 5.73. The molecular weight excluding hydrogens is 251 g/mol. The standard InChI is InChI=1S/C13H15FN2OS/c1-3-13-16-10(8-18-13)7-15-11-5-4-9(14)6-12(11)17-2/h4-6,8,15H,3,7H2,1-2H3. The van der Waals surface area contributed by atoms with Crippen LogP contribution in [-0.4, -0.2) is 12.1 Å². The Bertz CT molecular complexity index is 527. The number of anilines is 1. The number of methoxy groups -OCH3 is 1. The summed E-state index contributed by atoms with van der Waals surface area (Å²) in [5, 5.41) is 6.35. The molecule has 0 aliphatic carbocycles. The molecule has 0 radical (unpaired) electrons. The lowest BCUT2D eigenvalue weighted by atomic mass is 10.2. The molecule has 18 heavy (non-hydrogen) atoms. The zero-order valence-corrected chi connectivity index (χ0v) is 11.2. The van der Waals surface area contributed by atoms with Gasteiger partial charge in [-0.2, -0.15) is 0 Å². The molecule has 0 bridgehead atoms. The number of aromatic nitrogens is 1. The van der Waals surface area contributed by atoms with Crippen molar-refractivity contribution >= 4 is 17.0 Å². The molecule has 0 atom stereocenters. The number of aryl methyl sites for hydroxylation is 1. The van der Waals surface area contributed by atoms with Gasteiger partial charge < -0.3 is 10.1 Å². The van der Waals surface area contributed by atoms with E-state index in [0.29, 0.717) is 12.3 Å². The van der Waals surface area contributed by atoms with Crippen molar-refractivity contribution in [1.82, 2.24) is 4.98 Å². The van der Waals surface area contributed by atoms with Crippen molar-refractivity contribution in [3.8, 4) is 5.75 Å². The minimum Gasteiger partial charge on any atom is -0.494 e. The molecule has 0 saturated heterocycles. The van der Waals surface area contributed by atoms with Gasteiger partial charge in [-0.25, -0.2) is 9.37 Å². The summed E-state index contributed by atoms with van der Waals surface area (Å²) in [6.07, 6.45) is 0.949. The summed E-state index contributed by atoms with van der Waals surface area (Å²) >= 11 is 1.65. The topological polar surface area (TPSA) is 34.2 Å². The Morgan fingerprint density at radius 2 is 2.28 bits per heavy atom. The molecule has 2 aromatic rings. The lowest BCUT2D eigenvalue weighted by Crippen LogP contribution is -2.02. The summed E-state index contributed by atoms with van der Waals surface area (Å²) in [6.45, 7) is 2.69. The summed E-state index contributed by atoms with van der Waals surface area (Å²) in [5.41, 5.74) is 1.76. The second kappa shape index (κ2) is 5.82. The average Bonchev–Trinajstić information content (AvgIpc) is 2.85. The first-order chi connectivity index (χ1) is 8.72. The van der Waals surface area contributed by atoms with Gasteiger partial charge in [-0.05, 0) is 18.6 Å².